The molecule has 5 nitrogen and oxygen atoms in total. The van der Waals surface area contributed by atoms with Gasteiger partial charge in [-0.2, -0.15) is 0 Å². The number of nitrogens with zero attached hydrogens (tertiary/aromatic N) is 1. The Kier molecular flexibility index (Phi) is 3.39. The molecule has 5 heteroatoms. The third-order valence-electron chi connectivity index (χ3n) is 4.88. The van der Waals surface area contributed by atoms with E-state index in [0.717, 1.165) is 5.56 Å². The van der Waals surface area contributed by atoms with Gasteiger partial charge in [-0.25, -0.2) is 14.7 Å². The normalized spacial score (nSPS) is 20.4. The maximum absolute atomic E-state index is 13.0. The Bertz CT molecular complexity index is 1060. The second-order valence-corrected chi connectivity index (χ2v) is 6.52. The van der Waals surface area contributed by atoms with Crippen LogP contribution in [0.1, 0.15) is 37.4 Å². The topological polar surface area (TPSA) is 55.8 Å². The van der Waals surface area contributed by atoms with E-state index in [1.54, 1.807) is 42.5 Å². The summed E-state index contributed by atoms with van der Waals surface area (Å²) in [5.41, 5.74) is 2.97. The van der Waals surface area contributed by atoms with Gasteiger partial charge in [0.15, 0.2) is 0 Å². The van der Waals surface area contributed by atoms with Crippen molar-refractivity contribution in [2.24, 2.45) is 0 Å². The minimum absolute atomic E-state index is 0.246. The molecule has 0 radical (unpaired) electrons. The minimum atomic E-state index is -1.45. The van der Waals surface area contributed by atoms with E-state index in [-0.39, 0.29) is 12.5 Å². The van der Waals surface area contributed by atoms with Gasteiger partial charge in [-0.1, -0.05) is 66.7 Å². The fraction of sp³-hybridized carbons (Fsp3) is 0.0909. The summed E-state index contributed by atoms with van der Waals surface area (Å²) in [6.45, 7) is 0.246. The van der Waals surface area contributed by atoms with Crippen molar-refractivity contribution in [2.75, 3.05) is 0 Å². The quantitative estimate of drug-likeness (QED) is 0.657. The number of rotatable bonds is 2. The molecule has 1 spiro atoms. The first-order valence-corrected chi connectivity index (χ1v) is 8.66. The van der Waals surface area contributed by atoms with Gasteiger partial charge in [0, 0.05) is 11.1 Å². The van der Waals surface area contributed by atoms with Crippen LogP contribution < -0.4 is 0 Å². The molecule has 27 heavy (non-hydrogen) atoms. The highest BCUT2D eigenvalue weighted by Crippen LogP contribution is 2.47. The van der Waals surface area contributed by atoms with E-state index >= 15 is 0 Å². The second kappa shape index (κ2) is 5.79. The minimum Gasteiger partial charge on any atom is -0.418 e. The number of esters is 1. The largest absolute Gasteiger partial charge is 0.418 e. The maximum atomic E-state index is 13.0. The van der Waals surface area contributed by atoms with Crippen molar-refractivity contribution >= 4 is 11.9 Å². The van der Waals surface area contributed by atoms with Crippen LogP contribution in [-0.4, -0.2) is 16.9 Å². The summed E-state index contributed by atoms with van der Waals surface area (Å²) >= 11 is 0. The van der Waals surface area contributed by atoms with Gasteiger partial charge in [0.2, 0.25) is 0 Å². The number of fused-ring (bicyclic) bond motifs is 4. The summed E-state index contributed by atoms with van der Waals surface area (Å²) in [7, 11) is 0. The SMILES string of the molecule is O=C1OC2(ON(Cc3ccccc3)C(=O)c3ccccc32)c2ccccc21. The van der Waals surface area contributed by atoms with E-state index in [0.29, 0.717) is 22.3 Å². The average molecular weight is 357 g/mol. The zero-order chi connectivity index (χ0) is 18.4. The first-order valence-electron chi connectivity index (χ1n) is 8.66. The predicted molar refractivity (Wildman–Crippen MR) is 96.5 cm³/mol. The molecule has 0 saturated carbocycles. The molecule has 0 N–H and O–H groups in total. The van der Waals surface area contributed by atoms with Crippen LogP contribution in [0.4, 0.5) is 0 Å². The molecule has 0 aliphatic carbocycles. The van der Waals surface area contributed by atoms with Crippen LogP contribution in [0.5, 0.6) is 0 Å². The first-order chi connectivity index (χ1) is 13.2. The molecule has 3 aromatic carbocycles. The van der Waals surface area contributed by atoms with Crippen LogP contribution in [0.3, 0.4) is 0 Å². The van der Waals surface area contributed by atoms with Crippen LogP contribution in [-0.2, 0) is 21.9 Å². The van der Waals surface area contributed by atoms with Crippen molar-refractivity contribution in [3.8, 4) is 0 Å². The number of hydroxylamine groups is 2. The molecular weight excluding hydrogens is 342 g/mol. The van der Waals surface area contributed by atoms with Gasteiger partial charge in [-0.3, -0.25) is 4.79 Å². The molecule has 0 aromatic heterocycles. The molecule has 2 heterocycles. The Labute approximate surface area is 155 Å². The zero-order valence-corrected chi connectivity index (χ0v) is 14.3. The molecular formula is C22H15NO4. The number of amides is 1. The number of ether oxygens (including phenoxy) is 1. The highest BCUT2D eigenvalue weighted by atomic mass is 16.8. The van der Waals surface area contributed by atoms with Gasteiger partial charge in [0.25, 0.3) is 11.7 Å². The van der Waals surface area contributed by atoms with Crippen LogP contribution >= 0.6 is 0 Å². The number of benzene rings is 3. The lowest BCUT2D eigenvalue weighted by molar-refractivity contribution is -0.297. The average Bonchev–Trinajstić information content (AvgIpc) is 3.00. The molecule has 2 aliphatic rings. The summed E-state index contributed by atoms with van der Waals surface area (Å²) in [4.78, 5) is 31.6. The summed E-state index contributed by atoms with van der Waals surface area (Å²) in [6, 6.07) is 23.7. The lowest BCUT2D eigenvalue weighted by Crippen LogP contribution is -2.48. The number of hydrogen-bond acceptors (Lipinski definition) is 4. The Hall–Kier alpha value is -3.44. The number of carbonyl (C=O) groups excluding carboxylic acids is 2. The smallest absolute Gasteiger partial charge is 0.341 e. The number of carbonyl (C=O) groups is 2. The van der Waals surface area contributed by atoms with Crippen molar-refractivity contribution < 1.29 is 19.2 Å². The van der Waals surface area contributed by atoms with Crippen molar-refractivity contribution in [1.29, 1.82) is 0 Å². The Morgan fingerprint density at radius 2 is 1.33 bits per heavy atom. The maximum Gasteiger partial charge on any atom is 0.341 e. The van der Waals surface area contributed by atoms with Crippen LogP contribution in [0.2, 0.25) is 0 Å². The van der Waals surface area contributed by atoms with E-state index in [2.05, 4.69) is 0 Å². The summed E-state index contributed by atoms with van der Waals surface area (Å²) in [5.74, 6) is -2.18. The Morgan fingerprint density at radius 3 is 2.07 bits per heavy atom. The molecule has 0 fully saturated rings. The van der Waals surface area contributed by atoms with Crippen LogP contribution in [0.25, 0.3) is 0 Å². The summed E-state index contributed by atoms with van der Waals surface area (Å²) in [6.07, 6.45) is 0. The monoisotopic (exact) mass is 357 g/mol. The van der Waals surface area contributed by atoms with Crippen molar-refractivity contribution in [1.82, 2.24) is 5.06 Å². The number of hydrogen-bond donors (Lipinski definition) is 0. The molecule has 1 atom stereocenters. The molecule has 2 aliphatic heterocycles. The predicted octanol–water partition coefficient (Wildman–Crippen LogP) is 3.65. The van der Waals surface area contributed by atoms with Crippen molar-refractivity contribution in [3.05, 3.63) is 107 Å². The van der Waals surface area contributed by atoms with E-state index < -0.39 is 11.8 Å². The molecule has 0 saturated heterocycles. The van der Waals surface area contributed by atoms with Crippen LogP contribution in [0.15, 0.2) is 78.9 Å². The fourth-order valence-electron chi connectivity index (χ4n) is 3.65. The van der Waals surface area contributed by atoms with Crippen LogP contribution in [0, 0.1) is 0 Å². The molecule has 0 bridgehead atoms. The fourth-order valence-corrected chi connectivity index (χ4v) is 3.65. The second-order valence-electron chi connectivity index (χ2n) is 6.52. The summed E-state index contributed by atoms with van der Waals surface area (Å²) < 4.78 is 5.75. The molecule has 3 aromatic rings. The Balaban J connectivity index is 1.67. The van der Waals surface area contributed by atoms with E-state index in [4.69, 9.17) is 9.57 Å². The molecule has 1 unspecified atom stereocenters. The van der Waals surface area contributed by atoms with Gasteiger partial charge >= 0.3 is 5.97 Å². The van der Waals surface area contributed by atoms with E-state index in [9.17, 15) is 9.59 Å². The third-order valence-corrected chi connectivity index (χ3v) is 4.88. The van der Waals surface area contributed by atoms with Gasteiger partial charge in [0.1, 0.15) is 0 Å². The summed E-state index contributed by atoms with van der Waals surface area (Å²) in [5, 5.41) is 1.27. The lowest BCUT2D eigenvalue weighted by atomic mass is 9.90. The first kappa shape index (κ1) is 15.8. The van der Waals surface area contributed by atoms with Gasteiger partial charge < -0.3 is 4.74 Å². The zero-order valence-electron chi connectivity index (χ0n) is 14.3. The van der Waals surface area contributed by atoms with E-state index in [1.807, 2.05) is 36.4 Å². The molecule has 1 amide bonds. The van der Waals surface area contributed by atoms with Gasteiger partial charge in [-0.05, 0) is 17.7 Å². The van der Waals surface area contributed by atoms with Crippen molar-refractivity contribution in [2.45, 2.75) is 12.3 Å². The van der Waals surface area contributed by atoms with E-state index in [1.165, 1.54) is 5.06 Å². The highest BCUT2D eigenvalue weighted by Gasteiger charge is 2.55. The van der Waals surface area contributed by atoms with Crippen molar-refractivity contribution in [3.63, 3.8) is 0 Å². The van der Waals surface area contributed by atoms with Gasteiger partial charge in [-0.15, -0.1) is 0 Å². The molecule has 132 valence electrons. The standard InChI is InChI=1S/C22H15NO4/c24-20-16-10-4-6-12-18(16)22(19-13-7-5-11-17(19)21(25)26-22)27-23(20)14-15-8-2-1-3-9-15/h1-13H,14H2. The third kappa shape index (κ3) is 2.29. The van der Waals surface area contributed by atoms with Gasteiger partial charge in [0.05, 0.1) is 17.7 Å². The lowest BCUT2D eigenvalue weighted by Gasteiger charge is -2.39. The molecule has 5 rings (SSSR count). The highest BCUT2D eigenvalue weighted by molar-refractivity contribution is 5.99. The Morgan fingerprint density at radius 1 is 0.741 bits per heavy atom.